The molecule has 0 radical (unpaired) electrons. The van der Waals surface area contributed by atoms with E-state index in [4.69, 9.17) is 18.9 Å². The van der Waals surface area contributed by atoms with Gasteiger partial charge in [-0.05, 0) is 13.2 Å². The van der Waals surface area contributed by atoms with Crippen LogP contribution in [0.5, 0.6) is 0 Å². The maximum Gasteiger partial charge on any atom is 0.146 e. The first-order chi connectivity index (χ1) is 10.7. The molecule has 0 bridgehead atoms. The number of Topliss-reactive ketones (excluding diaryl/α,β-unsaturated/α-hetero) is 1. The van der Waals surface area contributed by atoms with Gasteiger partial charge in [-0.15, -0.1) is 11.8 Å². The van der Waals surface area contributed by atoms with Crippen molar-refractivity contribution in [2.75, 3.05) is 65.0 Å². The summed E-state index contributed by atoms with van der Waals surface area (Å²) in [6.45, 7) is 8.09. The topological polar surface area (TPSA) is 66.0 Å². The van der Waals surface area contributed by atoms with Crippen LogP contribution < -0.4 is 5.32 Å². The van der Waals surface area contributed by atoms with Gasteiger partial charge in [0.1, 0.15) is 5.78 Å². The van der Waals surface area contributed by atoms with Gasteiger partial charge in [0.05, 0.1) is 58.2 Å². The SMILES string of the molecule is CCOCCOCC(COCCOCSC)NCC(=O)CC. The lowest BCUT2D eigenvalue weighted by molar-refractivity contribution is -0.118. The summed E-state index contributed by atoms with van der Waals surface area (Å²) in [5, 5.41) is 3.18. The van der Waals surface area contributed by atoms with Crippen molar-refractivity contribution in [3.63, 3.8) is 0 Å². The van der Waals surface area contributed by atoms with Crippen LogP contribution in [0.3, 0.4) is 0 Å². The van der Waals surface area contributed by atoms with Gasteiger partial charge in [0.25, 0.3) is 0 Å². The van der Waals surface area contributed by atoms with Crippen LogP contribution in [0.1, 0.15) is 20.3 Å². The van der Waals surface area contributed by atoms with Crippen LogP contribution in [-0.4, -0.2) is 76.8 Å². The lowest BCUT2D eigenvalue weighted by Gasteiger charge is -2.18. The molecule has 0 aromatic heterocycles. The van der Waals surface area contributed by atoms with E-state index in [1.807, 2.05) is 20.1 Å². The van der Waals surface area contributed by atoms with Crippen LogP contribution in [0.15, 0.2) is 0 Å². The van der Waals surface area contributed by atoms with Crippen molar-refractivity contribution in [2.45, 2.75) is 26.3 Å². The molecule has 0 saturated heterocycles. The zero-order chi connectivity index (χ0) is 16.5. The van der Waals surface area contributed by atoms with Crippen molar-refractivity contribution >= 4 is 17.5 Å². The number of ketones is 1. The number of hydrogen-bond acceptors (Lipinski definition) is 7. The molecule has 7 heteroatoms. The molecular formula is C15H31NO5S. The Morgan fingerprint density at radius 3 is 2.14 bits per heavy atom. The first-order valence-electron chi connectivity index (χ1n) is 7.79. The van der Waals surface area contributed by atoms with E-state index >= 15 is 0 Å². The largest absolute Gasteiger partial charge is 0.379 e. The standard InChI is InChI=1S/C15H31NO5S/c1-4-15(17)10-16-14(11-19-7-6-18-5-2)12-20-8-9-21-13-22-3/h14,16H,4-13H2,1-3H3. The van der Waals surface area contributed by atoms with Crippen LogP contribution >= 0.6 is 11.8 Å². The maximum absolute atomic E-state index is 11.4. The second kappa shape index (κ2) is 17.2. The molecule has 1 N–H and O–H groups in total. The van der Waals surface area contributed by atoms with E-state index in [1.54, 1.807) is 11.8 Å². The van der Waals surface area contributed by atoms with Crippen LogP contribution in [0.4, 0.5) is 0 Å². The van der Waals surface area contributed by atoms with E-state index < -0.39 is 0 Å². The Bertz CT molecular complexity index is 256. The first-order valence-corrected chi connectivity index (χ1v) is 9.18. The van der Waals surface area contributed by atoms with E-state index in [1.165, 1.54) is 0 Å². The van der Waals surface area contributed by atoms with Crippen LogP contribution in [0.2, 0.25) is 0 Å². The minimum atomic E-state index is -0.00215. The number of ether oxygens (including phenoxy) is 4. The molecule has 132 valence electrons. The third-order valence-corrected chi connectivity index (χ3v) is 3.17. The number of carbonyl (C=O) groups is 1. The molecule has 0 aliphatic carbocycles. The van der Waals surface area contributed by atoms with Gasteiger partial charge >= 0.3 is 0 Å². The van der Waals surface area contributed by atoms with Crippen LogP contribution in [0.25, 0.3) is 0 Å². The van der Waals surface area contributed by atoms with Crippen LogP contribution in [0, 0.1) is 0 Å². The number of carbonyl (C=O) groups excluding carboxylic acids is 1. The molecule has 6 nitrogen and oxygen atoms in total. The molecule has 1 atom stereocenters. The summed E-state index contributed by atoms with van der Waals surface area (Å²) in [6.07, 6.45) is 2.53. The van der Waals surface area contributed by atoms with Gasteiger partial charge in [-0.3, -0.25) is 4.79 Å². The maximum atomic E-state index is 11.4. The van der Waals surface area contributed by atoms with Crippen molar-refractivity contribution in [1.82, 2.24) is 5.32 Å². The minimum Gasteiger partial charge on any atom is -0.379 e. The van der Waals surface area contributed by atoms with Gasteiger partial charge in [0.15, 0.2) is 0 Å². The van der Waals surface area contributed by atoms with E-state index in [-0.39, 0.29) is 11.8 Å². The number of hydrogen-bond donors (Lipinski definition) is 1. The number of rotatable bonds is 17. The molecule has 0 heterocycles. The highest BCUT2D eigenvalue weighted by atomic mass is 32.2. The summed E-state index contributed by atoms with van der Waals surface area (Å²) in [7, 11) is 0. The van der Waals surface area contributed by atoms with E-state index in [2.05, 4.69) is 5.32 Å². The summed E-state index contributed by atoms with van der Waals surface area (Å²) in [6, 6.07) is -0.00215. The average molecular weight is 337 g/mol. The zero-order valence-corrected chi connectivity index (χ0v) is 14.9. The zero-order valence-electron chi connectivity index (χ0n) is 14.1. The summed E-state index contributed by atoms with van der Waals surface area (Å²) in [5.74, 6) is 0.860. The summed E-state index contributed by atoms with van der Waals surface area (Å²) in [5.41, 5.74) is 0. The minimum absolute atomic E-state index is 0.00215. The molecule has 0 spiro atoms. The second-order valence-electron chi connectivity index (χ2n) is 4.63. The van der Waals surface area contributed by atoms with Crippen molar-refractivity contribution < 1.29 is 23.7 Å². The normalized spacial score (nSPS) is 12.5. The molecular weight excluding hydrogens is 306 g/mol. The molecule has 0 amide bonds. The molecule has 0 fully saturated rings. The second-order valence-corrected chi connectivity index (χ2v) is 5.44. The monoisotopic (exact) mass is 337 g/mol. The predicted octanol–water partition coefficient (Wildman–Crippen LogP) is 1.33. The Morgan fingerprint density at radius 1 is 1.00 bits per heavy atom. The summed E-state index contributed by atoms with van der Waals surface area (Å²) in [4.78, 5) is 11.4. The quantitative estimate of drug-likeness (QED) is 0.317. The smallest absolute Gasteiger partial charge is 0.146 e. The summed E-state index contributed by atoms with van der Waals surface area (Å²) < 4.78 is 21.7. The Labute approximate surface area is 138 Å². The number of thioether (sulfide) groups is 1. The highest BCUT2D eigenvalue weighted by Crippen LogP contribution is 1.94. The van der Waals surface area contributed by atoms with Crippen molar-refractivity contribution in [3.8, 4) is 0 Å². The third kappa shape index (κ3) is 14.7. The van der Waals surface area contributed by atoms with Gasteiger partial charge < -0.3 is 24.3 Å². The fourth-order valence-corrected chi connectivity index (χ4v) is 1.81. The molecule has 0 saturated carbocycles. The van der Waals surface area contributed by atoms with Gasteiger partial charge in [0, 0.05) is 13.0 Å². The summed E-state index contributed by atoms with van der Waals surface area (Å²) >= 11 is 1.64. The van der Waals surface area contributed by atoms with E-state index in [0.29, 0.717) is 65.2 Å². The molecule has 0 rings (SSSR count). The van der Waals surface area contributed by atoms with Crippen molar-refractivity contribution in [3.05, 3.63) is 0 Å². The van der Waals surface area contributed by atoms with Gasteiger partial charge in [-0.25, -0.2) is 0 Å². The first kappa shape index (κ1) is 21.8. The lowest BCUT2D eigenvalue weighted by atomic mass is 10.2. The van der Waals surface area contributed by atoms with E-state index in [0.717, 1.165) is 0 Å². The van der Waals surface area contributed by atoms with Gasteiger partial charge in [-0.2, -0.15) is 0 Å². The highest BCUT2D eigenvalue weighted by Gasteiger charge is 2.10. The fraction of sp³-hybridized carbons (Fsp3) is 0.933. The molecule has 0 aliphatic heterocycles. The average Bonchev–Trinajstić information content (AvgIpc) is 2.54. The fourth-order valence-electron chi connectivity index (χ4n) is 1.52. The molecule has 0 aliphatic rings. The Hall–Kier alpha value is -0.180. The lowest BCUT2D eigenvalue weighted by Crippen LogP contribution is -2.41. The van der Waals surface area contributed by atoms with Crippen molar-refractivity contribution in [2.24, 2.45) is 0 Å². The Kier molecular flexibility index (Phi) is 17.0. The Morgan fingerprint density at radius 2 is 1.59 bits per heavy atom. The van der Waals surface area contributed by atoms with Gasteiger partial charge in [0.2, 0.25) is 0 Å². The highest BCUT2D eigenvalue weighted by molar-refractivity contribution is 7.98. The molecule has 22 heavy (non-hydrogen) atoms. The van der Waals surface area contributed by atoms with Crippen molar-refractivity contribution in [1.29, 1.82) is 0 Å². The third-order valence-electron chi connectivity index (χ3n) is 2.77. The number of nitrogens with one attached hydrogen (secondary N) is 1. The van der Waals surface area contributed by atoms with Crippen LogP contribution in [-0.2, 0) is 23.7 Å². The van der Waals surface area contributed by atoms with E-state index in [9.17, 15) is 4.79 Å². The molecule has 1 unspecified atom stereocenters. The predicted molar refractivity (Wildman–Crippen MR) is 89.6 cm³/mol. The molecule has 0 aromatic carbocycles. The Balaban J connectivity index is 3.81. The molecule has 0 aromatic rings. The van der Waals surface area contributed by atoms with Gasteiger partial charge in [-0.1, -0.05) is 6.92 Å².